The standard InChI is InChI=1S/C14H18Cl2N2O2/c1-9(10-3-2-4-11(15)12(10)16)18-13(19)14(17)5-7-20-8-6-14/h2-4,9H,5-8,17H2,1H3,(H,18,19). The van der Waals surface area contributed by atoms with Crippen molar-refractivity contribution in [2.75, 3.05) is 13.2 Å². The highest BCUT2D eigenvalue weighted by atomic mass is 35.5. The predicted molar refractivity (Wildman–Crippen MR) is 80.0 cm³/mol. The van der Waals surface area contributed by atoms with Gasteiger partial charge in [0, 0.05) is 13.2 Å². The van der Waals surface area contributed by atoms with E-state index in [0.29, 0.717) is 36.1 Å². The molecule has 0 aliphatic carbocycles. The molecular weight excluding hydrogens is 299 g/mol. The van der Waals surface area contributed by atoms with Gasteiger partial charge in [0.15, 0.2) is 0 Å². The van der Waals surface area contributed by atoms with Crippen LogP contribution in [0, 0.1) is 0 Å². The van der Waals surface area contributed by atoms with Gasteiger partial charge in [-0.15, -0.1) is 0 Å². The van der Waals surface area contributed by atoms with Crippen LogP contribution in [0.15, 0.2) is 18.2 Å². The van der Waals surface area contributed by atoms with Gasteiger partial charge in [-0.3, -0.25) is 4.79 Å². The van der Waals surface area contributed by atoms with Crippen LogP contribution in [0.5, 0.6) is 0 Å². The Morgan fingerprint density at radius 1 is 1.40 bits per heavy atom. The maximum atomic E-state index is 12.3. The van der Waals surface area contributed by atoms with E-state index in [1.807, 2.05) is 13.0 Å². The summed E-state index contributed by atoms with van der Waals surface area (Å²) in [4.78, 5) is 12.3. The number of amides is 1. The summed E-state index contributed by atoms with van der Waals surface area (Å²) >= 11 is 12.1. The smallest absolute Gasteiger partial charge is 0.240 e. The molecule has 1 amide bonds. The zero-order valence-corrected chi connectivity index (χ0v) is 12.8. The number of rotatable bonds is 3. The van der Waals surface area contributed by atoms with E-state index in [1.165, 1.54) is 0 Å². The molecule has 1 heterocycles. The van der Waals surface area contributed by atoms with Crippen LogP contribution in [-0.4, -0.2) is 24.7 Å². The molecule has 1 unspecified atom stereocenters. The SMILES string of the molecule is CC(NC(=O)C1(N)CCOCC1)c1cccc(Cl)c1Cl. The predicted octanol–water partition coefficient (Wildman–Crippen LogP) is 2.68. The summed E-state index contributed by atoms with van der Waals surface area (Å²) in [5.74, 6) is -0.177. The lowest BCUT2D eigenvalue weighted by Gasteiger charge is -2.33. The van der Waals surface area contributed by atoms with Gasteiger partial charge in [-0.25, -0.2) is 0 Å². The van der Waals surface area contributed by atoms with Crippen molar-refractivity contribution < 1.29 is 9.53 Å². The third-order valence-corrected chi connectivity index (χ3v) is 4.47. The molecule has 110 valence electrons. The first-order valence-electron chi connectivity index (χ1n) is 6.55. The first-order chi connectivity index (χ1) is 9.44. The Balaban J connectivity index is 2.09. The molecule has 1 aliphatic rings. The Kier molecular flexibility index (Phi) is 4.91. The molecule has 1 aromatic carbocycles. The van der Waals surface area contributed by atoms with Crippen LogP contribution in [0.25, 0.3) is 0 Å². The largest absolute Gasteiger partial charge is 0.381 e. The van der Waals surface area contributed by atoms with Crippen LogP contribution in [0.4, 0.5) is 0 Å². The Morgan fingerprint density at radius 3 is 2.70 bits per heavy atom. The number of hydrogen-bond acceptors (Lipinski definition) is 3. The second-order valence-corrected chi connectivity index (χ2v) is 5.89. The van der Waals surface area contributed by atoms with Crippen LogP contribution >= 0.6 is 23.2 Å². The van der Waals surface area contributed by atoms with E-state index in [2.05, 4.69) is 5.32 Å². The normalized spacial score (nSPS) is 19.4. The molecule has 0 spiro atoms. The first-order valence-corrected chi connectivity index (χ1v) is 7.31. The van der Waals surface area contributed by atoms with Crippen LogP contribution < -0.4 is 11.1 Å². The van der Waals surface area contributed by atoms with Gasteiger partial charge in [0.2, 0.25) is 5.91 Å². The number of carbonyl (C=O) groups is 1. The van der Waals surface area contributed by atoms with Crippen molar-refractivity contribution in [2.45, 2.75) is 31.3 Å². The van der Waals surface area contributed by atoms with E-state index < -0.39 is 5.54 Å². The van der Waals surface area contributed by atoms with E-state index >= 15 is 0 Å². The number of benzene rings is 1. The molecule has 1 saturated heterocycles. The van der Waals surface area contributed by atoms with Gasteiger partial charge < -0.3 is 15.8 Å². The van der Waals surface area contributed by atoms with Gasteiger partial charge in [-0.2, -0.15) is 0 Å². The third kappa shape index (κ3) is 3.26. The molecule has 1 aromatic rings. The molecule has 6 heteroatoms. The molecule has 1 atom stereocenters. The minimum Gasteiger partial charge on any atom is -0.381 e. The van der Waals surface area contributed by atoms with E-state index in [-0.39, 0.29) is 11.9 Å². The molecule has 3 N–H and O–H groups in total. The second-order valence-electron chi connectivity index (χ2n) is 5.11. The van der Waals surface area contributed by atoms with Crippen molar-refractivity contribution in [1.82, 2.24) is 5.32 Å². The van der Waals surface area contributed by atoms with E-state index in [0.717, 1.165) is 5.56 Å². The number of halogens is 2. The minimum atomic E-state index is -0.864. The molecule has 0 saturated carbocycles. The van der Waals surface area contributed by atoms with Crippen molar-refractivity contribution in [3.8, 4) is 0 Å². The van der Waals surface area contributed by atoms with Crippen molar-refractivity contribution >= 4 is 29.1 Å². The van der Waals surface area contributed by atoms with E-state index in [1.54, 1.807) is 12.1 Å². The lowest BCUT2D eigenvalue weighted by atomic mass is 9.90. The second kappa shape index (κ2) is 6.31. The van der Waals surface area contributed by atoms with E-state index in [9.17, 15) is 4.79 Å². The summed E-state index contributed by atoms with van der Waals surface area (Å²) in [6, 6.07) is 5.10. The third-order valence-electron chi connectivity index (χ3n) is 3.63. The van der Waals surface area contributed by atoms with Crippen molar-refractivity contribution in [1.29, 1.82) is 0 Å². The average molecular weight is 317 g/mol. The summed E-state index contributed by atoms with van der Waals surface area (Å²) in [6.45, 7) is 2.88. The molecule has 0 radical (unpaired) electrons. The fraction of sp³-hybridized carbons (Fsp3) is 0.500. The van der Waals surface area contributed by atoms with Gasteiger partial charge in [0.1, 0.15) is 0 Å². The summed E-state index contributed by atoms with van der Waals surface area (Å²) in [6.07, 6.45) is 1.05. The van der Waals surface area contributed by atoms with Crippen LogP contribution in [-0.2, 0) is 9.53 Å². The van der Waals surface area contributed by atoms with Crippen LogP contribution in [0.2, 0.25) is 10.0 Å². The van der Waals surface area contributed by atoms with Gasteiger partial charge in [0.25, 0.3) is 0 Å². The lowest BCUT2D eigenvalue weighted by molar-refractivity contribution is -0.130. The fourth-order valence-electron chi connectivity index (χ4n) is 2.24. The van der Waals surface area contributed by atoms with Gasteiger partial charge in [0.05, 0.1) is 21.6 Å². The molecule has 1 fully saturated rings. The fourth-order valence-corrected chi connectivity index (χ4v) is 2.71. The molecule has 2 rings (SSSR count). The zero-order chi connectivity index (χ0) is 14.8. The number of ether oxygens (including phenoxy) is 1. The highest BCUT2D eigenvalue weighted by molar-refractivity contribution is 6.42. The maximum absolute atomic E-state index is 12.3. The Hall–Kier alpha value is -0.810. The highest BCUT2D eigenvalue weighted by Crippen LogP contribution is 2.30. The van der Waals surface area contributed by atoms with Gasteiger partial charge >= 0.3 is 0 Å². The number of carbonyl (C=O) groups excluding carboxylic acids is 1. The summed E-state index contributed by atoms with van der Waals surface area (Å²) < 4.78 is 5.24. The number of nitrogens with one attached hydrogen (secondary N) is 1. The Morgan fingerprint density at radius 2 is 2.05 bits per heavy atom. The molecule has 1 aliphatic heterocycles. The minimum absolute atomic E-state index is 0.177. The summed E-state index contributed by atoms with van der Waals surface area (Å²) in [7, 11) is 0. The highest BCUT2D eigenvalue weighted by Gasteiger charge is 2.36. The zero-order valence-electron chi connectivity index (χ0n) is 11.3. The Labute approximate surface area is 128 Å². The van der Waals surface area contributed by atoms with Crippen molar-refractivity contribution in [3.63, 3.8) is 0 Å². The summed E-state index contributed by atoms with van der Waals surface area (Å²) in [5, 5.41) is 3.84. The maximum Gasteiger partial charge on any atom is 0.240 e. The molecule has 20 heavy (non-hydrogen) atoms. The Bertz CT molecular complexity index is 502. The monoisotopic (exact) mass is 316 g/mol. The average Bonchev–Trinajstić information content (AvgIpc) is 2.42. The molecular formula is C14H18Cl2N2O2. The quantitative estimate of drug-likeness (QED) is 0.901. The van der Waals surface area contributed by atoms with Crippen molar-refractivity contribution in [2.24, 2.45) is 5.73 Å². The van der Waals surface area contributed by atoms with Gasteiger partial charge in [-0.1, -0.05) is 35.3 Å². The molecule has 4 nitrogen and oxygen atoms in total. The number of nitrogens with two attached hydrogens (primary N) is 1. The van der Waals surface area contributed by atoms with Crippen LogP contribution in [0.1, 0.15) is 31.4 Å². The molecule has 0 bridgehead atoms. The van der Waals surface area contributed by atoms with Gasteiger partial charge in [-0.05, 0) is 31.4 Å². The first kappa shape index (κ1) is 15.6. The van der Waals surface area contributed by atoms with E-state index in [4.69, 9.17) is 33.7 Å². The van der Waals surface area contributed by atoms with Crippen LogP contribution in [0.3, 0.4) is 0 Å². The molecule has 0 aromatic heterocycles. The lowest BCUT2D eigenvalue weighted by Crippen LogP contribution is -2.57. The van der Waals surface area contributed by atoms with Crippen molar-refractivity contribution in [3.05, 3.63) is 33.8 Å². The topological polar surface area (TPSA) is 64.4 Å². The summed E-state index contributed by atoms with van der Waals surface area (Å²) in [5.41, 5.74) is 6.06. The number of hydrogen-bond donors (Lipinski definition) is 2.